The minimum Gasteiger partial charge on any atom is -0.397 e. The van der Waals surface area contributed by atoms with Crippen molar-refractivity contribution in [3.05, 3.63) is 54.1 Å². The van der Waals surface area contributed by atoms with Crippen LogP contribution >= 0.6 is 24.0 Å². The van der Waals surface area contributed by atoms with Gasteiger partial charge in [0.25, 0.3) is 0 Å². The summed E-state index contributed by atoms with van der Waals surface area (Å²) in [7, 11) is 0. The Morgan fingerprint density at radius 2 is 2.15 bits per heavy atom. The molecule has 0 aliphatic heterocycles. The summed E-state index contributed by atoms with van der Waals surface area (Å²) < 4.78 is 1.08. The molecule has 20 heavy (non-hydrogen) atoms. The monoisotopic (exact) mass is 302 g/mol. The fourth-order valence-electron chi connectivity index (χ4n) is 1.83. The van der Waals surface area contributed by atoms with Gasteiger partial charge in [0.1, 0.15) is 0 Å². The van der Waals surface area contributed by atoms with Crippen molar-refractivity contribution in [2.24, 2.45) is 0 Å². The summed E-state index contributed by atoms with van der Waals surface area (Å²) >= 11 is 5.70. The molecule has 0 radical (unpaired) electrons. The van der Waals surface area contributed by atoms with Gasteiger partial charge in [-0.1, -0.05) is 31.7 Å². The van der Waals surface area contributed by atoms with E-state index in [4.69, 9.17) is 5.73 Å². The molecule has 0 saturated carbocycles. The van der Waals surface area contributed by atoms with Crippen LogP contribution in [-0.2, 0) is 0 Å². The minimum absolute atomic E-state index is 0.789. The number of nitrogen functional groups attached to an aromatic ring is 1. The molecule has 0 bridgehead atoms. The number of aromatic amines is 1. The highest BCUT2D eigenvalue weighted by Crippen LogP contribution is 2.25. The van der Waals surface area contributed by atoms with Crippen LogP contribution in [0.5, 0.6) is 0 Å². The zero-order valence-corrected chi connectivity index (χ0v) is 13.1. The van der Waals surface area contributed by atoms with Crippen LogP contribution in [0.25, 0.3) is 16.5 Å². The Morgan fingerprint density at radius 3 is 2.65 bits per heavy atom. The molecule has 2 aromatic heterocycles. The Hall–Kier alpha value is -1.65. The van der Waals surface area contributed by atoms with Crippen LogP contribution in [0.3, 0.4) is 0 Å². The summed E-state index contributed by atoms with van der Waals surface area (Å²) in [5.41, 5.74) is 9.85. The van der Waals surface area contributed by atoms with E-state index in [1.165, 1.54) is 0 Å². The van der Waals surface area contributed by atoms with Gasteiger partial charge in [0.2, 0.25) is 0 Å². The maximum absolute atomic E-state index is 5.85. The second-order valence-corrected chi connectivity index (χ2v) is 6.13. The lowest BCUT2D eigenvalue weighted by atomic mass is 10.1. The molecule has 0 unspecified atom stereocenters. The quantitative estimate of drug-likeness (QED) is 0.441. The van der Waals surface area contributed by atoms with Crippen LogP contribution in [0.15, 0.2) is 52.6 Å². The van der Waals surface area contributed by atoms with E-state index in [1.807, 2.05) is 29.6 Å². The molecular weight excluding hydrogens is 284 g/mol. The van der Waals surface area contributed by atoms with E-state index >= 15 is 0 Å². The first-order chi connectivity index (χ1) is 9.61. The predicted octanol–water partition coefficient (Wildman–Crippen LogP) is 5.21. The van der Waals surface area contributed by atoms with Crippen LogP contribution < -0.4 is 5.73 Å². The van der Waals surface area contributed by atoms with E-state index in [0.29, 0.717) is 0 Å². The minimum atomic E-state index is 0.789. The Bertz CT molecular complexity index is 696. The molecule has 0 amide bonds. The maximum Gasteiger partial charge on any atom is 0.0692 e. The van der Waals surface area contributed by atoms with Gasteiger partial charge in [0, 0.05) is 11.1 Å². The summed E-state index contributed by atoms with van der Waals surface area (Å²) in [6, 6.07) is 12.0. The molecule has 104 valence electrons. The highest BCUT2D eigenvalue weighted by atomic mass is 32.2. The molecule has 2 heterocycles. The van der Waals surface area contributed by atoms with Crippen LogP contribution in [0.1, 0.15) is 19.0 Å². The molecule has 2 nitrogen and oxygen atoms in total. The van der Waals surface area contributed by atoms with Gasteiger partial charge in [-0.25, -0.2) is 0 Å². The fourth-order valence-corrected chi connectivity index (χ4v) is 2.55. The van der Waals surface area contributed by atoms with Crippen LogP contribution in [0, 0.1) is 0 Å². The number of benzene rings is 1. The maximum atomic E-state index is 5.85. The molecule has 0 aliphatic carbocycles. The molecule has 0 spiro atoms. The third-order valence-corrected chi connectivity index (χ3v) is 4.14. The third-order valence-electron chi connectivity index (χ3n) is 3.00. The lowest BCUT2D eigenvalue weighted by Crippen LogP contribution is -1.85. The number of H-pyrrole nitrogens is 1. The average Bonchev–Trinajstić information content (AvgIpc) is 3.08. The van der Waals surface area contributed by atoms with E-state index in [1.54, 1.807) is 11.3 Å². The van der Waals surface area contributed by atoms with E-state index in [-0.39, 0.29) is 0 Å². The first-order valence-corrected chi connectivity index (χ1v) is 7.72. The van der Waals surface area contributed by atoms with Crippen molar-refractivity contribution >= 4 is 46.1 Å². The number of fused-ring (bicyclic) bond motifs is 1. The summed E-state index contributed by atoms with van der Waals surface area (Å²) in [5, 5.41) is 3.15. The van der Waals surface area contributed by atoms with Gasteiger partial charge in [-0.15, -0.1) is 24.0 Å². The molecule has 0 saturated heterocycles. The summed E-state index contributed by atoms with van der Waals surface area (Å²) in [6.07, 6.45) is 0.951. The first kappa shape index (κ1) is 14.8. The van der Waals surface area contributed by atoms with Crippen LogP contribution in [-0.4, -0.2) is 4.98 Å². The van der Waals surface area contributed by atoms with E-state index < -0.39 is 0 Å². The van der Waals surface area contributed by atoms with Crippen molar-refractivity contribution in [2.45, 2.75) is 17.6 Å². The number of anilines is 1. The summed E-state index contributed by atoms with van der Waals surface area (Å²) in [4.78, 5) is 3.29. The number of aromatic nitrogens is 1. The number of para-hydroxylation sites is 1. The molecule has 0 fully saturated rings. The number of rotatable bonds is 2. The molecule has 3 aromatic rings. The number of allylic oxidation sites excluding steroid dienone is 1. The van der Waals surface area contributed by atoms with Gasteiger partial charge in [-0.3, -0.25) is 0 Å². The smallest absolute Gasteiger partial charge is 0.0692 e. The van der Waals surface area contributed by atoms with Gasteiger partial charge < -0.3 is 10.7 Å². The zero-order chi connectivity index (χ0) is 14.5. The van der Waals surface area contributed by atoms with Crippen molar-refractivity contribution in [2.75, 3.05) is 5.73 Å². The Kier molecular flexibility index (Phi) is 4.93. The second kappa shape index (κ2) is 6.68. The molecule has 4 heteroatoms. The number of nitrogens with two attached hydrogens (primary N) is 1. The largest absolute Gasteiger partial charge is 0.397 e. The molecule has 3 N–H and O–H groups in total. The van der Waals surface area contributed by atoms with Gasteiger partial charge in [0.15, 0.2) is 0 Å². The van der Waals surface area contributed by atoms with E-state index in [9.17, 15) is 0 Å². The van der Waals surface area contributed by atoms with E-state index in [0.717, 1.165) is 38.5 Å². The van der Waals surface area contributed by atoms with Gasteiger partial charge >= 0.3 is 0 Å². The Labute approximate surface area is 128 Å². The summed E-state index contributed by atoms with van der Waals surface area (Å²) in [6.45, 7) is 6.09. The zero-order valence-electron chi connectivity index (χ0n) is 11.4. The summed E-state index contributed by atoms with van der Waals surface area (Å²) in [5.74, 6) is 0. The van der Waals surface area contributed by atoms with Crippen molar-refractivity contribution in [3.63, 3.8) is 0 Å². The molecular formula is C16H18N2S2. The fraction of sp³-hybridized carbons (Fsp3) is 0.125. The second-order valence-electron chi connectivity index (χ2n) is 4.40. The van der Waals surface area contributed by atoms with Crippen molar-refractivity contribution < 1.29 is 0 Å². The van der Waals surface area contributed by atoms with Crippen molar-refractivity contribution in [1.82, 2.24) is 4.98 Å². The lowest BCUT2D eigenvalue weighted by Gasteiger charge is -1.96. The number of hydrogen-bond acceptors (Lipinski definition) is 3. The van der Waals surface area contributed by atoms with Crippen LogP contribution in [0.2, 0.25) is 0 Å². The third kappa shape index (κ3) is 3.46. The topological polar surface area (TPSA) is 41.8 Å². The lowest BCUT2D eigenvalue weighted by molar-refractivity contribution is 1.22. The molecule has 0 atom stereocenters. The van der Waals surface area contributed by atoms with E-state index in [2.05, 4.69) is 43.2 Å². The average molecular weight is 302 g/mol. The Morgan fingerprint density at radius 1 is 1.35 bits per heavy atom. The first-order valence-electron chi connectivity index (χ1n) is 6.39. The van der Waals surface area contributed by atoms with Crippen LogP contribution in [0.4, 0.5) is 5.69 Å². The van der Waals surface area contributed by atoms with Crippen molar-refractivity contribution in [3.8, 4) is 0 Å². The molecule has 1 aromatic carbocycles. The highest BCUT2D eigenvalue weighted by Gasteiger charge is 2.04. The number of thiol groups is 1. The standard InChI is InChI=1S/C12H14N2.C4H4S2/c1-3-8(2)11-7-9-5-4-6-10(13)12(9)14-11;5-4-2-1-3-6-4/h4-7,14H,2-3,13H2,1H3;1-3,5H. The Balaban J connectivity index is 0.000000205. The van der Waals surface area contributed by atoms with Gasteiger partial charge in [-0.05, 0) is 35.6 Å². The molecule has 3 rings (SSSR count). The number of hydrogen-bond donors (Lipinski definition) is 3. The number of thiophene rings is 1. The SMILES string of the molecule is C=C(CC)c1cc2cccc(N)c2[nH]1.Sc1cccs1. The highest BCUT2D eigenvalue weighted by molar-refractivity contribution is 7.82. The van der Waals surface area contributed by atoms with Crippen molar-refractivity contribution in [1.29, 1.82) is 0 Å². The number of nitrogens with one attached hydrogen (secondary N) is 1. The predicted molar refractivity (Wildman–Crippen MR) is 93.6 cm³/mol. The molecule has 0 aliphatic rings. The van der Waals surface area contributed by atoms with Gasteiger partial charge in [0.05, 0.1) is 15.4 Å². The normalized spacial score (nSPS) is 10.1. The van der Waals surface area contributed by atoms with Gasteiger partial charge in [-0.2, -0.15) is 0 Å².